The molecule has 1 aliphatic rings. The first-order valence-electron chi connectivity index (χ1n) is 9.74. The van der Waals surface area contributed by atoms with Crippen LogP contribution in [0.3, 0.4) is 0 Å². The molecule has 1 amide bonds. The highest BCUT2D eigenvalue weighted by Gasteiger charge is 2.28. The van der Waals surface area contributed by atoms with Crippen molar-refractivity contribution >= 4 is 23.3 Å². The van der Waals surface area contributed by atoms with Gasteiger partial charge in [-0.25, -0.2) is 4.98 Å². The lowest BCUT2D eigenvalue weighted by Crippen LogP contribution is -2.40. The Labute approximate surface area is 174 Å². The van der Waals surface area contributed by atoms with Crippen molar-refractivity contribution in [2.75, 3.05) is 13.1 Å². The third-order valence-corrected chi connectivity index (χ3v) is 5.66. The lowest BCUT2D eigenvalue weighted by atomic mass is 9.88. The first-order chi connectivity index (χ1) is 14.1. The highest BCUT2D eigenvalue weighted by Crippen LogP contribution is 2.24. The zero-order valence-electron chi connectivity index (χ0n) is 16.0. The molecule has 2 aromatic carbocycles. The molecule has 4 rings (SSSR count). The zero-order valence-corrected chi connectivity index (χ0v) is 16.8. The molecule has 2 heterocycles. The third-order valence-electron chi connectivity index (χ3n) is 5.41. The number of carbonyl (C=O) groups is 2. The smallest absolute Gasteiger partial charge is 0.253 e. The average molecular weight is 408 g/mol. The Morgan fingerprint density at radius 1 is 0.966 bits per heavy atom. The maximum Gasteiger partial charge on any atom is 0.253 e. The van der Waals surface area contributed by atoms with Gasteiger partial charge in [-0.05, 0) is 42.7 Å². The third kappa shape index (κ3) is 4.57. The molecule has 1 saturated heterocycles. The van der Waals surface area contributed by atoms with Gasteiger partial charge in [0.2, 0.25) is 0 Å². The van der Waals surface area contributed by atoms with E-state index in [-0.39, 0.29) is 17.6 Å². The molecule has 0 bridgehead atoms. The Hall–Kier alpha value is -2.92. The van der Waals surface area contributed by atoms with Gasteiger partial charge in [0.05, 0.1) is 6.33 Å². The van der Waals surface area contributed by atoms with Gasteiger partial charge in [-0.2, -0.15) is 0 Å². The minimum absolute atomic E-state index is 0.00331. The number of ketones is 1. The summed E-state index contributed by atoms with van der Waals surface area (Å²) in [6.07, 6.45) is 6.82. The van der Waals surface area contributed by atoms with Crippen molar-refractivity contribution in [1.82, 2.24) is 14.5 Å². The lowest BCUT2D eigenvalue weighted by molar-refractivity contribution is 0.0650. The summed E-state index contributed by atoms with van der Waals surface area (Å²) >= 11 is 5.89. The number of hydrogen-bond acceptors (Lipinski definition) is 3. The fourth-order valence-electron chi connectivity index (χ4n) is 3.72. The van der Waals surface area contributed by atoms with Crippen LogP contribution in [0.25, 0.3) is 0 Å². The molecular weight excluding hydrogens is 386 g/mol. The van der Waals surface area contributed by atoms with Crippen LogP contribution in [-0.4, -0.2) is 39.2 Å². The van der Waals surface area contributed by atoms with E-state index in [0.29, 0.717) is 36.5 Å². The van der Waals surface area contributed by atoms with Crippen LogP contribution in [-0.2, 0) is 6.54 Å². The Kier molecular flexibility index (Phi) is 5.76. The van der Waals surface area contributed by atoms with Crippen LogP contribution in [0.2, 0.25) is 5.02 Å². The first kappa shape index (κ1) is 19.4. The molecule has 0 atom stereocenters. The highest BCUT2D eigenvalue weighted by atomic mass is 35.5. The molecule has 0 unspecified atom stereocenters. The van der Waals surface area contributed by atoms with E-state index in [4.69, 9.17) is 11.6 Å². The van der Waals surface area contributed by atoms with Crippen molar-refractivity contribution in [2.45, 2.75) is 19.4 Å². The van der Waals surface area contributed by atoms with E-state index in [2.05, 4.69) is 4.98 Å². The van der Waals surface area contributed by atoms with Crippen LogP contribution in [0.15, 0.2) is 67.3 Å². The van der Waals surface area contributed by atoms with Gasteiger partial charge in [0.1, 0.15) is 0 Å². The van der Waals surface area contributed by atoms with Crippen LogP contribution >= 0.6 is 11.6 Å². The van der Waals surface area contributed by atoms with Crippen LogP contribution in [0.4, 0.5) is 0 Å². The van der Waals surface area contributed by atoms with Gasteiger partial charge in [-0.15, -0.1) is 0 Å². The van der Waals surface area contributed by atoms with Crippen molar-refractivity contribution in [3.63, 3.8) is 0 Å². The Balaban J connectivity index is 1.34. The number of amides is 1. The highest BCUT2D eigenvalue weighted by molar-refractivity contribution is 6.30. The predicted octanol–water partition coefficient (Wildman–Crippen LogP) is 4.32. The number of aromatic nitrogens is 2. The maximum atomic E-state index is 12.9. The molecule has 5 nitrogen and oxygen atoms in total. The fourth-order valence-corrected chi connectivity index (χ4v) is 3.85. The fraction of sp³-hybridized carbons (Fsp3) is 0.261. The Morgan fingerprint density at radius 3 is 2.24 bits per heavy atom. The number of hydrogen-bond donors (Lipinski definition) is 0. The summed E-state index contributed by atoms with van der Waals surface area (Å²) < 4.78 is 1.99. The molecule has 0 spiro atoms. The summed E-state index contributed by atoms with van der Waals surface area (Å²) in [5.74, 6) is 0.123. The standard InChI is InChI=1S/C23H22ClN3O2/c24-21-7-5-20(6-8-21)23(29)27-12-9-19(10-13-27)22(28)18-3-1-17(2-4-18)15-26-14-11-25-16-26/h1-8,11,14,16,19H,9-10,12-13,15H2. The summed E-state index contributed by atoms with van der Waals surface area (Å²) in [4.78, 5) is 31.4. The molecule has 6 heteroatoms. The van der Waals surface area contributed by atoms with Crippen LogP contribution < -0.4 is 0 Å². The van der Waals surface area contributed by atoms with E-state index in [1.54, 1.807) is 36.8 Å². The zero-order chi connectivity index (χ0) is 20.2. The van der Waals surface area contributed by atoms with E-state index in [1.165, 1.54) is 0 Å². The minimum Gasteiger partial charge on any atom is -0.339 e. The second-order valence-corrected chi connectivity index (χ2v) is 7.81. The maximum absolute atomic E-state index is 12.9. The monoisotopic (exact) mass is 407 g/mol. The van der Waals surface area contributed by atoms with Crippen LogP contribution in [0, 0.1) is 5.92 Å². The minimum atomic E-state index is -0.0382. The summed E-state index contributed by atoms with van der Waals surface area (Å²) in [5, 5.41) is 0.613. The van der Waals surface area contributed by atoms with E-state index in [0.717, 1.165) is 17.7 Å². The molecule has 0 radical (unpaired) electrons. The number of rotatable bonds is 5. The first-order valence-corrected chi connectivity index (χ1v) is 10.1. The number of carbonyl (C=O) groups excluding carboxylic acids is 2. The van der Waals surface area contributed by atoms with Crippen LogP contribution in [0.1, 0.15) is 39.1 Å². The van der Waals surface area contributed by atoms with Gasteiger partial charge in [0.25, 0.3) is 5.91 Å². The van der Waals surface area contributed by atoms with E-state index < -0.39 is 0 Å². The second-order valence-electron chi connectivity index (χ2n) is 7.37. The largest absolute Gasteiger partial charge is 0.339 e. The van der Waals surface area contributed by atoms with Gasteiger partial charge in [0.15, 0.2) is 5.78 Å². The number of likely N-dealkylation sites (tertiary alicyclic amines) is 1. The average Bonchev–Trinajstić information content (AvgIpc) is 3.27. The number of halogens is 1. The van der Waals surface area contributed by atoms with E-state index in [9.17, 15) is 9.59 Å². The second kappa shape index (κ2) is 8.62. The molecule has 1 fully saturated rings. The summed E-state index contributed by atoms with van der Waals surface area (Å²) in [6, 6.07) is 14.7. The van der Waals surface area contributed by atoms with Crippen molar-refractivity contribution in [3.05, 3.63) is 89.0 Å². The lowest BCUT2D eigenvalue weighted by Gasteiger charge is -2.31. The Morgan fingerprint density at radius 2 is 1.62 bits per heavy atom. The topological polar surface area (TPSA) is 55.2 Å². The number of nitrogens with zero attached hydrogens (tertiary/aromatic N) is 3. The van der Waals surface area contributed by atoms with Crippen molar-refractivity contribution in [2.24, 2.45) is 5.92 Å². The van der Waals surface area contributed by atoms with E-state index >= 15 is 0 Å². The van der Waals surface area contributed by atoms with Gasteiger partial charge in [0, 0.05) is 54.1 Å². The number of imidazole rings is 1. The molecule has 1 aliphatic heterocycles. The SMILES string of the molecule is O=C(c1ccc(Cn2ccnc2)cc1)C1CCN(C(=O)c2ccc(Cl)cc2)CC1. The van der Waals surface area contributed by atoms with Gasteiger partial charge in [-0.1, -0.05) is 35.9 Å². The molecule has 0 aliphatic carbocycles. The summed E-state index contributed by atoms with van der Waals surface area (Å²) in [7, 11) is 0. The molecule has 3 aromatic rings. The quantitative estimate of drug-likeness (QED) is 0.592. The molecule has 1 aromatic heterocycles. The number of benzene rings is 2. The molecule has 148 valence electrons. The van der Waals surface area contributed by atoms with E-state index in [1.807, 2.05) is 39.9 Å². The summed E-state index contributed by atoms with van der Waals surface area (Å²) in [5.41, 5.74) is 2.50. The number of piperidine rings is 1. The van der Waals surface area contributed by atoms with Gasteiger partial charge < -0.3 is 9.47 Å². The molecular formula is C23H22ClN3O2. The Bertz CT molecular complexity index is 974. The number of Topliss-reactive ketones (excluding diaryl/α,β-unsaturated/α-hetero) is 1. The molecule has 0 N–H and O–H groups in total. The molecule has 29 heavy (non-hydrogen) atoms. The summed E-state index contributed by atoms with van der Waals surface area (Å²) in [6.45, 7) is 1.92. The molecule has 0 saturated carbocycles. The van der Waals surface area contributed by atoms with Crippen molar-refractivity contribution in [3.8, 4) is 0 Å². The van der Waals surface area contributed by atoms with Crippen molar-refractivity contribution in [1.29, 1.82) is 0 Å². The van der Waals surface area contributed by atoms with Gasteiger partial charge >= 0.3 is 0 Å². The van der Waals surface area contributed by atoms with Gasteiger partial charge in [-0.3, -0.25) is 9.59 Å². The van der Waals surface area contributed by atoms with Crippen molar-refractivity contribution < 1.29 is 9.59 Å². The predicted molar refractivity (Wildman–Crippen MR) is 112 cm³/mol. The normalized spacial score (nSPS) is 14.7. The van der Waals surface area contributed by atoms with Crippen LogP contribution in [0.5, 0.6) is 0 Å².